The van der Waals surface area contributed by atoms with Gasteiger partial charge in [-0.05, 0) is 57.7 Å². The quantitative estimate of drug-likeness (QED) is 0.709. The van der Waals surface area contributed by atoms with Crippen molar-refractivity contribution in [2.75, 3.05) is 18.0 Å². The molecule has 1 aliphatic rings. The molecule has 1 fully saturated rings. The first-order chi connectivity index (χ1) is 11.9. The molecular formula is C20H33N3O2. The van der Waals surface area contributed by atoms with Crippen LogP contribution in [0.3, 0.4) is 0 Å². The van der Waals surface area contributed by atoms with Gasteiger partial charge < -0.3 is 15.3 Å². The van der Waals surface area contributed by atoms with Gasteiger partial charge in [-0.15, -0.1) is 0 Å². The number of nitrogens with zero attached hydrogens (tertiary/aromatic N) is 1. The summed E-state index contributed by atoms with van der Waals surface area (Å²) in [5.74, 6) is 0.0460. The van der Waals surface area contributed by atoms with E-state index in [-0.39, 0.29) is 30.1 Å². The molecule has 5 nitrogen and oxygen atoms in total. The number of carbonyl (C=O) groups excluding carboxylic acids is 1. The monoisotopic (exact) mass is 347 g/mol. The highest BCUT2D eigenvalue weighted by molar-refractivity contribution is 5.81. The van der Waals surface area contributed by atoms with Crippen LogP contribution in [0.2, 0.25) is 0 Å². The van der Waals surface area contributed by atoms with Gasteiger partial charge in [-0.2, -0.15) is 0 Å². The number of anilines is 1. The van der Waals surface area contributed by atoms with E-state index in [0.717, 1.165) is 32.4 Å². The Hall–Kier alpha value is -1.59. The van der Waals surface area contributed by atoms with Gasteiger partial charge >= 0.3 is 0 Å². The summed E-state index contributed by atoms with van der Waals surface area (Å²) in [4.78, 5) is 14.5. The van der Waals surface area contributed by atoms with Crippen molar-refractivity contribution in [3.05, 3.63) is 29.8 Å². The molecule has 0 spiro atoms. The summed E-state index contributed by atoms with van der Waals surface area (Å²) in [7, 11) is 0. The van der Waals surface area contributed by atoms with Crippen LogP contribution in [0.4, 0.5) is 5.69 Å². The van der Waals surface area contributed by atoms with E-state index in [1.54, 1.807) is 0 Å². The summed E-state index contributed by atoms with van der Waals surface area (Å²) >= 11 is 0. The number of rotatable bonds is 7. The van der Waals surface area contributed by atoms with E-state index in [0.29, 0.717) is 0 Å². The van der Waals surface area contributed by atoms with E-state index in [4.69, 9.17) is 0 Å². The predicted octanol–water partition coefficient (Wildman–Crippen LogP) is 2.60. The minimum Gasteiger partial charge on any atom is -0.393 e. The molecule has 3 atom stereocenters. The SMILES string of the molecule is CCC(C)NC(=O)C(C)NC(C)c1ccc(N2CCC(O)CC2)cc1. The lowest BCUT2D eigenvalue weighted by atomic mass is 10.0. The van der Waals surface area contributed by atoms with Gasteiger partial charge in [-0.1, -0.05) is 19.1 Å². The van der Waals surface area contributed by atoms with Crippen molar-refractivity contribution in [2.24, 2.45) is 0 Å². The number of piperidine rings is 1. The number of aliphatic hydroxyl groups excluding tert-OH is 1. The molecule has 25 heavy (non-hydrogen) atoms. The van der Waals surface area contributed by atoms with Crippen LogP contribution in [0.25, 0.3) is 0 Å². The van der Waals surface area contributed by atoms with Gasteiger partial charge in [0.1, 0.15) is 0 Å². The van der Waals surface area contributed by atoms with Gasteiger partial charge in [-0.25, -0.2) is 0 Å². The van der Waals surface area contributed by atoms with Crippen LogP contribution >= 0.6 is 0 Å². The van der Waals surface area contributed by atoms with Gasteiger partial charge in [0.15, 0.2) is 0 Å². The van der Waals surface area contributed by atoms with Gasteiger partial charge in [0, 0.05) is 30.9 Å². The molecule has 3 unspecified atom stereocenters. The molecule has 1 amide bonds. The summed E-state index contributed by atoms with van der Waals surface area (Å²) < 4.78 is 0. The summed E-state index contributed by atoms with van der Waals surface area (Å²) in [6.45, 7) is 9.88. The molecule has 1 aromatic rings. The topological polar surface area (TPSA) is 64.6 Å². The molecule has 3 N–H and O–H groups in total. The molecule has 1 aromatic carbocycles. The van der Waals surface area contributed by atoms with Crippen molar-refractivity contribution in [2.45, 2.75) is 71.2 Å². The molecule has 140 valence electrons. The highest BCUT2D eigenvalue weighted by atomic mass is 16.3. The number of aliphatic hydroxyl groups is 1. The maximum Gasteiger partial charge on any atom is 0.237 e. The molecule has 0 bridgehead atoms. The van der Waals surface area contributed by atoms with Crippen molar-refractivity contribution in [1.82, 2.24) is 10.6 Å². The standard InChI is InChI=1S/C20H33N3O2/c1-5-14(2)21-20(25)16(4)22-15(3)17-6-8-18(9-7-17)23-12-10-19(24)11-13-23/h6-9,14-16,19,22,24H,5,10-13H2,1-4H3,(H,21,25). The zero-order valence-electron chi connectivity index (χ0n) is 16.0. The van der Waals surface area contributed by atoms with Crippen molar-refractivity contribution < 1.29 is 9.90 Å². The van der Waals surface area contributed by atoms with E-state index >= 15 is 0 Å². The van der Waals surface area contributed by atoms with Crippen LogP contribution in [0.1, 0.15) is 58.6 Å². The van der Waals surface area contributed by atoms with Crippen LogP contribution in [0.15, 0.2) is 24.3 Å². The average molecular weight is 348 g/mol. The van der Waals surface area contributed by atoms with Gasteiger partial charge in [0.05, 0.1) is 12.1 Å². The molecule has 1 aliphatic heterocycles. The Morgan fingerprint density at radius 3 is 2.36 bits per heavy atom. The number of benzene rings is 1. The van der Waals surface area contributed by atoms with E-state index in [1.807, 2.05) is 13.8 Å². The number of hydrogen-bond acceptors (Lipinski definition) is 4. The van der Waals surface area contributed by atoms with Crippen LogP contribution < -0.4 is 15.5 Å². The minimum atomic E-state index is -0.229. The van der Waals surface area contributed by atoms with E-state index < -0.39 is 0 Å². The highest BCUT2D eigenvalue weighted by Gasteiger charge is 2.19. The maximum absolute atomic E-state index is 12.2. The van der Waals surface area contributed by atoms with E-state index in [1.165, 1.54) is 11.3 Å². The highest BCUT2D eigenvalue weighted by Crippen LogP contribution is 2.22. The molecular weight excluding hydrogens is 314 g/mol. The molecule has 0 saturated carbocycles. The summed E-state index contributed by atoms with van der Waals surface area (Å²) in [5, 5.41) is 16.0. The number of nitrogens with one attached hydrogen (secondary N) is 2. The molecule has 5 heteroatoms. The average Bonchev–Trinajstić information content (AvgIpc) is 2.62. The Bertz CT molecular complexity index is 538. The molecule has 0 aliphatic carbocycles. The van der Waals surface area contributed by atoms with Gasteiger partial charge in [0.25, 0.3) is 0 Å². The fourth-order valence-corrected chi connectivity index (χ4v) is 3.11. The van der Waals surface area contributed by atoms with Crippen LogP contribution in [0.5, 0.6) is 0 Å². The first kappa shape index (κ1) is 19.7. The van der Waals surface area contributed by atoms with Gasteiger partial charge in [0.2, 0.25) is 5.91 Å². The van der Waals surface area contributed by atoms with E-state index in [2.05, 4.69) is 53.6 Å². The summed E-state index contributed by atoms with van der Waals surface area (Å²) in [6.07, 6.45) is 2.46. The summed E-state index contributed by atoms with van der Waals surface area (Å²) in [6, 6.07) is 8.59. The fraction of sp³-hybridized carbons (Fsp3) is 0.650. The van der Waals surface area contributed by atoms with Crippen molar-refractivity contribution in [3.63, 3.8) is 0 Å². The molecule has 2 rings (SSSR count). The molecule has 1 heterocycles. The van der Waals surface area contributed by atoms with Crippen LogP contribution in [-0.2, 0) is 4.79 Å². The third kappa shape index (κ3) is 5.72. The van der Waals surface area contributed by atoms with Gasteiger partial charge in [-0.3, -0.25) is 10.1 Å². The van der Waals surface area contributed by atoms with Crippen LogP contribution in [-0.4, -0.2) is 42.3 Å². The second kappa shape index (κ2) is 9.20. The van der Waals surface area contributed by atoms with Crippen molar-refractivity contribution in [3.8, 4) is 0 Å². The van der Waals surface area contributed by atoms with E-state index in [9.17, 15) is 9.90 Å². The first-order valence-corrected chi connectivity index (χ1v) is 9.50. The predicted molar refractivity (Wildman–Crippen MR) is 103 cm³/mol. The zero-order valence-corrected chi connectivity index (χ0v) is 16.0. The summed E-state index contributed by atoms with van der Waals surface area (Å²) in [5.41, 5.74) is 2.37. The third-order valence-electron chi connectivity index (χ3n) is 5.12. The molecule has 0 radical (unpaired) electrons. The molecule has 1 saturated heterocycles. The minimum absolute atomic E-state index is 0.0460. The lowest BCUT2D eigenvalue weighted by molar-refractivity contribution is -0.123. The Labute approximate surface area is 151 Å². The maximum atomic E-state index is 12.2. The smallest absolute Gasteiger partial charge is 0.237 e. The number of amides is 1. The third-order valence-corrected chi connectivity index (χ3v) is 5.12. The largest absolute Gasteiger partial charge is 0.393 e. The Morgan fingerprint density at radius 1 is 1.20 bits per heavy atom. The molecule has 0 aromatic heterocycles. The lowest BCUT2D eigenvalue weighted by Crippen LogP contribution is -2.46. The second-order valence-corrected chi connectivity index (χ2v) is 7.24. The van der Waals surface area contributed by atoms with Crippen LogP contribution in [0, 0.1) is 0 Å². The zero-order chi connectivity index (χ0) is 18.4. The first-order valence-electron chi connectivity index (χ1n) is 9.50. The van der Waals surface area contributed by atoms with Crippen molar-refractivity contribution >= 4 is 11.6 Å². The normalized spacial score (nSPS) is 19.3. The van der Waals surface area contributed by atoms with Crippen molar-refractivity contribution in [1.29, 1.82) is 0 Å². The lowest BCUT2D eigenvalue weighted by Gasteiger charge is -2.31. The number of carbonyl (C=O) groups is 1. The second-order valence-electron chi connectivity index (χ2n) is 7.24. The fourth-order valence-electron chi connectivity index (χ4n) is 3.11. The Morgan fingerprint density at radius 2 is 1.80 bits per heavy atom. The number of hydrogen-bond donors (Lipinski definition) is 3. The Kier molecular flexibility index (Phi) is 7.26. The Balaban J connectivity index is 1.89.